The summed E-state index contributed by atoms with van der Waals surface area (Å²) in [7, 11) is 0. The van der Waals surface area contributed by atoms with E-state index < -0.39 is 35.5 Å². The number of alkyl halides is 5. The Balaban J connectivity index is 3.22. The molecule has 2 N–H and O–H groups in total. The second-order valence-corrected chi connectivity index (χ2v) is 3.44. The Morgan fingerprint density at radius 2 is 1.65 bits per heavy atom. The summed E-state index contributed by atoms with van der Waals surface area (Å²) in [4.78, 5) is 0. The smallest absolute Gasteiger partial charge is 0.330 e. The molecule has 1 nitrogen and oxygen atoms in total. The summed E-state index contributed by atoms with van der Waals surface area (Å²) in [5, 5.41) is 0. The molecule has 0 bridgehead atoms. The summed E-state index contributed by atoms with van der Waals surface area (Å²) in [6, 6.07) is 1.12. The molecule has 96 valence electrons. The van der Waals surface area contributed by atoms with Crippen LogP contribution in [-0.4, -0.2) is 6.54 Å². The average molecular weight is 257 g/mol. The van der Waals surface area contributed by atoms with Crippen LogP contribution in [0.3, 0.4) is 0 Å². The molecular formula is C10H9F6N. The molecule has 1 aromatic carbocycles. The third kappa shape index (κ3) is 3.12. The molecule has 0 fully saturated rings. The van der Waals surface area contributed by atoms with Gasteiger partial charge in [0.2, 0.25) is 0 Å². The molecule has 0 aliphatic rings. The van der Waals surface area contributed by atoms with Crippen LogP contribution in [0.15, 0.2) is 18.2 Å². The van der Waals surface area contributed by atoms with Gasteiger partial charge in [-0.05, 0) is 18.7 Å². The first-order valence-corrected chi connectivity index (χ1v) is 4.63. The van der Waals surface area contributed by atoms with Crippen molar-refractivity contribution in [3.63, 3.8) is 0 Å². The SMILES string of the molecule is NCCC(F)(F)c1ccc(F)c(C(F)(F)F)c1. The minimum atomic E-state index is -5.00. The Labute approximate surface area is 93.2 Å². The fourth-order valence-electron chi connectivity index (χ4n) is 1.30. The predicted octanol–water partition coefficient (Wildman–Crippen LogP) is 3.29. The second-order valence-electron chi connectivity index (χ2n) is 3.44. The molecular weight excluding hydrogens is 248 g/mol. The van der Waals surface area contributed by atoms with Crippen LogP contribution in [0, 0.1) is 5.82 Å². The van der Waals surface area contributed by atoms with Crippen LogP contribution >= 0.6 is 0 Å². The van der Waals surface area contributed by atoms with Gasteiger partial charge in [-0.1, -0.05) is 6.07 Å². The molecule has 17 heavy (non-hydrogen) atoms. The van der Waals surface area contributed by atoms with E-state index in [1.807, 2.05) is 0 Å². The summed E-state index contributed by atoms with van der Waals surface area (Å²) < 4.78 is 76.3. The van der Waals surface area contributed by atoms with Crippen molar-refractivity contribution < 1.29 is 26.3 Å². The van der Waals surface area contributed by atoms with E-state index in [1.54, 1.807) is 0 Å². The molecule has 0 saturated heterocycles. The van der Waals surface area contributed by atoms with Gasteiger partial charge in [-0.3, -0.25) is 0 Å². The van der Waals surface area contributed by atoms with E-state index in [0.717, 1.165) is 0 Å². The maximum absolute atomic E-state index is 13.3. The van der Waals surface area contributed by atoms with Crippen molar-refractivity contribution in [2.45, 2.75) is 18.5 Å². The number of hydrogen-bond donors (Lipinski definition) is 1. The van der Waals surface area contributed by atoms with E-state index in [9.17, 15) is 26.3 Å². The monoisotopic (exact) mass is 257 g/mol. The van der Waals surface area contributed by atoms with E-state index in [-0.39, 0.29) is 12.6 Å². The molecule has 0 aromatic heterocycles. The second kappa shape index (κ2) is 4.56. The first-order chi connectivity index (χ1) is 7.68. The van der Waals surface area contributed by atoms with E-state index >= 15 is 0 Å². The summed E-state index contributed by atoms with van der Waals surface area (Å²) in [5.41, 5.74) is 2.34. The van der Waals surface area contributed by atoms with Crippen LogP contribution in [0.4, 0.5) is 26.3 Å². The van der Waals surface area contributed by atoms with Crippen LogP contribution < -0.4 is 5.73 Å². The van der Waals surface area contributed by atoms with Crippen LogP contribution in [0.2, 0.25) is 0 Å². The maximum Gasteiger partial charge on any atom is 0.419 e. The quantitative estimate of drug-likeness (QED) is 0.826. The molecule has 0 spiro atoms. The average Bonchev–Trinajstić information content (AvgIpc) is 2.15. The normalized spacial score (nSPS) is 12.9. The third-order valence-electron chi connectivity index (χ3n) is 2.15. The Hall–Kier alpha value is -1.24. The number of hydrogen-bond acceptors (Lipinski definition) is 1. The van der Waals surface area contributed by atoms with Gasteiger partial charge in [0.25, 0.3) is 5.92 Å². The summed E-state index contributed by atoms with van der Waals surface area (Å²) in [6.45, 7) is -0.383. The lowest BCUT2D eigenvalue weighted by Gasteiger charge is -2.17. The molecule has 0 unspecified atom stereocenters. The standard InChI is InChI=1S/C10H9F6N/c11-8-2-1-6(9(12,13)3-4-17)5-7(8)10(14,15)16/h1-2,5H,3-4,17H2. The number of halogens is 6. The van der Waals surface area contributed by atoms with Crippen molar-refractivity contribution >= 4 is 0 Å². The minimum Gasteiger partial charge on any atom is -0.330 e. The Morgan fingerprint density at radius 1 is 1.06 bits per heavy atom. The lowest BCUT2D eigenvalue weighted by Crippen LogP contribution is -2.20. The highest BCUT2D eigenvalue weighted by atomic mass is 19.4. The van der Waals surface area contributed by atoms with Crippen LogP contribution in [0.25, 0.3) is 0 Å². The highest BCUT2D eigenvalue weighted by Gasteiger charge is 2.38. The maximum atomic E-state index is 13.3. The third-order valence-corrected chi connectivity index (χ3v) is 2.15. The van der Waals surface area contributed by atoms with Gasteiger partial charge in [-0.15, -0.1) is 0 Å². The largest absolute Gasteiger partial charge is 0.419 e. The zero-order chi connectivity index (χ0) is 13.3. The van der Waals surface area contributed by atoms with Gasteiger partial charge < -0.3 is 5.73 Å². The van der Waals surface area contributed by atoms with Gasteiger partial charge in [-0.2, -0.15) is 13.2 Å². The zero-order valence-corrected chi connectivity index (χ0v) is 8.49. The Morgan fingerprint density at radius 3 is 2.12 bits per heavy atom. The van der Waals surface area contributed by atoms with Crippen molar-refractivity contribution in [1.82, 2.24) is 0 Å². The molecule has 1 aromatic rings. The highest BCUT2D eigenvalue weighted by molar-refractivity contribution is 5.30. The lowest BCUT2D eigenvalue weighted by atomic mass is 10.0. The Bertz CT molecular complexity index is 398. The van der Waals surface area contributed by atoms with Crippen LogP contribution in [-0.2, 0) is 12.1 Å². The van der Waals surface area contributed by atoms with Crippen molar-refractivity contribution in [3.8, 4) is 0 Å². The number of nitrogens with two attached hydrogens (primary N) is 1. The molecule has 0 aliphatic carbocycles. The molecule has 0 amide bonds. The Kier molecular flexibility index (Phi) is 3.71. The van der Waals surface area contributed by atoms with Crippen molar-refractivity contribution in [2.75, 3.05) is 6.54 Å². The number of rotatable bonds is 3. The van der Waals surface area contributed by atoms with Gasteiger partial charge in [0.1, 0.15) is 5.82 Å². The molecule has 0 saturated carbocycles. The van der Waals surface area contributed by atoms with Gasteiger partial charge in [-0.25, -0.2) is 13.2 Å². The summed E-state index contributed by atoms with van der Waals surface area (Å²) in [6.07, 6.45) is -5.80. The van der Waals surface area contributed by atoms with E-state index in [2.05, 4.69) is 0 Å². The fourth-order valence-corrected chi connectivity index (χ4v) is 1.30. The van der Waals surface area contributed by atoms with E-state index in [1.165, 1.54) is 0 Å². The summed E-state index contributed by atoms with van der Waals surface area (Å²) in [5.74, 6) is -5.08. The molecule has 0 aliphatic heterocycles. The topological polar surface area (TPSA) is 26.0 Å². The van der Waals surface area contributed by atoms with Gasteiger partial charge in [0, 0.05) is 12.0 Å². The first kappa shape index (κ1) is 13.8. The van der Waals surface area contributed by atoms with Gasteiger partial charge >= 0.3 is 6.18 Å². The molecule has 7 heteroatoms. The predicted molar refractivity (Wildman–Crippen MR) is 49.0 cm³/mol. The van der Waals surface area contributed by atoms with E-state index in [0.29, 0.717) is 12.1 Å². The minimum absolute atomic E-state index is 0.116. The lowest BCUT2D eigenvalue weighted by molar-refractivity contribution is -0.140. The van der Waals surface area contributed by atoms with Crippen LogP contribution in [0.5, 0.6) is 0 Å². The summed E-state index contributed by atoms with van der Waals surface area (Å²) >= 11 is 0. The number of benzene rings is 1. The van der Waals surface area contributed by atoms with Crippen molar-refractivity contribution in [3.05, 3.63) is 35.1 Å². The van der Waals surface area contributed by atoms with Gasteiger partial charge in [0.05, 0.1) is 5.56 Å². The molecule has 0 radical (unpaired) electrons. The molecule has 0 heterocycles. The highest BCUT2D eigenvalue weighted by Crippen LogP contribution is 2.37. The zero-order valence-electron chi connectivity index (χ0n) is 8.49. The fraction of sp³-hybridized carbons (Fsp3) is 0.400. The van der Waals surface area contributed by atoms with Crippen molar-refractivity contribution in [2.24, 2.45) is 5.73 Å². The first-order valence-electron chi connectivity index (χ1n) is 4.63. The molecule has 0 atom stereocenters. The molecule has 1 rings (SSSR count). The van der Waals surface area contributed by atoms with E-state index in [4.69, 9.17) is 5.73 Å². The van der Waals surface area contributed by atoms with Gasteiger partial charge in [0.15, 0.2) is 0 Å². The van der Waals surface area contributed by atoms with Crippen LogP contribution in [0.1, 0.15) is 17.5 Å². The van der Waals surface area contributed by atoms with Crippen molar-refractivity contribution in [1.29, 1.82) is 0 Å².